The number of pyridine rings is 1. The van der Waals surface area contributed by atoms with E-state index in [2.05, 4.69) is 20.3 Å². The van der Waals surface area contributed by atoms with E-state index in [-0.39, 0.29) is 24.6 Å². The Kier molecular flexibility index (Phi) is 6.22. The van der Waals surface area contributed by atoms with E-state index in [1.165, 1.54) is 19.3 Å². The molecule has 34 heavy (non-hydrogen) atoms. The molecule has 1 N–H and O–H groups in total. The van der Waals surface area contributed by atoms with Gasteiger partial charge in [-0.2, -0.15) is 13.2 Å². The molecule has 2 atom stereocenters. The molecule has 4 rings (SSSR count). The smallest absolute Gasteiger partial charge is 0.433 e. The molecular formula is C22H20F3N5O4. The van der Waals surface area contributed by atoms with Crippen LogP contribution in [0.25, 0.3) is 10.9 Å². The SMILES string of the molecule is CCOc1cc(C2OC(=O)N(C(=O)NCc3cccc4cncnc34)C2C)nc(C(F)(F)F)c1. The lowest BCUT2D eigenvalue weighted by molar-refractivity contribution is -0.141. The predicted molar refractivity (Wildman–Crippen MR) is 113 cm³/mol. The maximum atomic E-state index is 13.3. The average Bonchev–Trinajstić information content (AvgIpc) is 3.10. The number of alkyl halides is 3. The van der Waals surface area contributed by atoms with E-state index in [1.807, 2.05) is 6.07 Å². The second kappa shape index (κ2) is 9.12. The quantitative estimate of drug-likeness (QED) is 0.588. The van der Waals surface area contributed by atoms with Crippen LogP contribution >= 0.6 is 0 Å². The van der Waals surface area contributed by atoms with Gasteiger partial charge in [-0.15, -0.1) is 0 Å². The summed E-state index contributed by atoms with van der Waals surface area (Å²) >= 11 is 0. The topological polar surface area (TPSA) is 107 Å². The van der Waals surface area contributed by atoms with Crippen LogP contribution in [0.4, 0.5) is 22.8 Å². The highest BCUT2D eigenvalue weighted by Crippen LogP contribution is 2.36. The van der Waals surface area contributed by atoms with E-state index in [4.69, 9.17) is 9.47 Å². The molecule has 3 heterocycles. The third-order valence-corrected chi connectivity index (χ3v) is 5.25. The highest BCUT2D eigenvalue weighted by Gasteiger charge is 2.45. The number of cyclic esters (lactones) is 1. The molecule has 1 aromatic carbocycles. The van der Waals surface area contributed by atoms with Crippen LogP contribution in [0, 0.1) is 0 Å². The molecule has 1 saturated heterocycles. The number of fused-ring (bicyclic) bond motifs is 1. The number of urea groups is 1. The number of nitrogens with one attached hydrogen (secondary N) is 1. The summed E-state index contributed by atoms with van der Waals surface area (Å²) < 4.78 is 50.4. The van der Waals surface area contributed by atoms with Crippen molar-refractivity contribution in [2.24, 2.45) is 0 Å². The van der Waals surface area contributed by atoms with E-state index < -0.39 is 36.1 Å². The molecule has 1 fully saturated rings. The largest absolute Gasteiger partial charge is 0.494 e. The van der Waals surface area contributed by atoms with Crippen LogP contribution in [0.3, 0.4) is 0 Å². The molecule has 0 spiro atoms. The molecular weight excluding hydrogens is 455 g/mol. The maximum absolute atomic E-state index is 13.3. The Morgan fingerprint density at radius 1 is 1.29 bits per heavy atom. The molecule has 3 aromatic rings. The Labute approximate surface area is 191 Å². The van der Waals surface area contributed by atoms with E-state index >= 15 is 0 Å². The second-order valence-corrected chi connectivity index (χ2v) is 7.50. The first-order valence-corrected chi connectivity index (χ1v) is 10.4. The fraction of sp³-hybridized carbons (Fsp3) is 0.318. The van der Waals surface area contributed by atoms with Gasteiger partial charge in [-0.1, -0.05) is 18.2 Å². The van der Waals surface area contributed by atoms with Gasteiger partial charge in [0.25, 0.3) is 0 Å². The van der Waals surface area contributed by atoms with Gasteiger partial charge in [0.05, 0.1) is 23.9 Å². The van der Waals surface area contributed by atoms with Gasteiger partial charge in [0.1, 0.15) is 17.8 Å². The van der Waals surface area contributed by atoms with Gasteiger partial charge < -0.3 is 14.8 Å². The van der Waals surface area contributed by atoms with E-state index in [1.54, 1.807) is 25.3 Å². The van der Waals surface area contributed by atoms with Gasteiger partial charge in [-0.25, -0.2) is 29.4 Å². The van der Waals surface area contributed by atoms with Crippen molar-refractivity contribution in [2.75, 3.05) is 6.61 Å². The first kappa shape index (κ1) is 23.2. The number of carbonyl (C=O) groups excluding carboxylic acids is 2. The molecule has 2 unspecified atom stereocenters. The fourth-order valence-electron chi connectivity index (χ4n) is 3.68. The molecule has 2 aromatic heterocycles. The molecule has 1 aliphatic rings. The number of imide groups is 1. The number of aromatic nitrogens is 3. The minimum atomic E-state index is -4.73. The Bertz CT molecular complexity index is 1230. The third kappa shape index (κ3) is 4.56. The number of hydrogen-bond acceptors (Lipinski definition) is 7. The summed E-state index contributed by atoms with van der Waals surface area (Å²) in [6, 6.07) is 5.73. The fourth-order valence-corrected chi connectivity index (χ4v) is 3.68. The molecule has 0 saturated carbocycles. The van der Waals surface area contributed by atoms with Gasteiger partial charge in [0, 0.05) is 30.3 Å². The number of amides is 3. The monoisotopic (exact) mass is 475 g/mol. The van der Waals surface area contributed by atoms with Crippen molar-refractivity contribution in [1.82, 2.24) is 25.2 Å². The number of benzene rings is 1. The molecule has 12 heteroatoms. The number of ether oxygens (including phenoxy) is 2. The van der Waals surface area contributed by atoms with Gasteiger partial charge in [-0.05, 0) is 19.4 Å². The van der Waals surface area contributed by atoms with Gasteiger partial charge >= 0.3 is 18.3 Å². The van der Waals surface area contributed by atoms with Gasteiger partial charge in [-0.3, -0.25) is 0 Å². The Morgan fingerprint density at radius 3 is 2.82 bits per heavy atom. The third-order valence-electron chi connectivity index (χ3n) is 5.25. The second-order valence-electron chi connectivity index (χ2n) is 7.50. The van der Waals surface area contributed by atoms with Crippen LogP contribution in [0.5, 0.6) is 5.75 Å². The zero-order valence-corrected chi connectivity index (χ0v) is 18.2. The molecule has 0 aliphatic carbocycles. The number of rotatable bonds is 5. The first-order chi connectivity index (χ1) is 16.2. The highest BCUT2D eigenvalue weighted by molar-refractivity contribution is 5.93. The van der Waals surface area contributed by atoms with E-state index in [0.29, 0.717) is 11.1 Å². The summed E-state index contributed by atoms with van der Waals surface area (Å²) in [6.45, 7) is 3.31. The number of hydrogen-bond donors (Lipinski definition) is 1. The van der Waals surface area contributed by atoms with Crippen molar-refractivity contribution in [3.63, 3.8) is 0 Å². The van der Waals surface area contributed by atoms with Crippen molar-refractivity contribution >= 4 is 23.0 Å². The van der Waals surface area contributed by atoms with E-state index in [9.17, 15) is 22.8 Å². The molecule has 178 valence electrons. The predicted octanol–water partition coefficient (Wildman–Crippen LogP) is 4.23. The zero-order valence-electron chi connectivity index (χ0n) is 18.2. The normalized spacial score (nSPS) is 18.1. The summed E-state index contributed by atoms with van der Waals surface area (Å²) in [5, 5.41) is 3.42. The summed E-state index contributed by atoms with van der Waals surface area (Å²) in [5.74, 6) is -0.0658. The van der Waals surface area contributed by atoms with Crippen molar-refractivity contribution < 1.29 is 32.2 Å². The van der Waals surface area contributed by atoms with Crippen molar-refractivity contribution in [1.29, 1.82) is 0 Å². The molecule has 1 aliphatic heterocycles. The number of carbonyl (C=O) groups is 2. The van der Waals surface area contributed by atoms with E-state index in [0.717, 1.165) is 16.4 Å². The summed E-state index contributed by atoms with van der Waals surface area (Å²) in [5.41, 5.74) is -0.00649. The molecule has 9 nitrogen and oxygen atoms in total. The Morgan fingerprint density at radius 2 is 2.09 bits per heavy atom. The minimum Gasteiger partial charge on any atom is -0.494 e. The minimum absolute atomic E-state index is 0.0602. The Balaban J connectivity index is 1.54. The summed E-state index contributed by atoms with van der Waals surface area (Å²) in [6.07, 6.45) is -3.90. The number of nitrogens with zero attached hydrogens (tertiary/aromatic N) is 4. The van der Waals surface area contributed by atoms with Crippen LogP contribution in [0.2, 0.25) is 0 Å². The molecule has 0 radical (unpaired) electrons. The van der Waals surface area contributed by atoms with Gasteiger partial charge in [0.2, 0.25) is 0 Å². The van der Waals surface area contributed by atoms with Crippen LogP contribution in [0.15, 0.2) is 42.9 Å². The van der Waals surface area contributed by atoms with Crippen LogP contribution in [-0.2, 0) is 17.5 Å². The number of para-hydroxylation sites is 1. The lowest BCUT2D eigenvalue weighted by Crippen LogP contribution is -2.44. The van der Waals surface area contributed by atoms with Crippen LogP contribution in [-0.4, -0.2) is 44.6 Å². The first-order valence-electron chi connectivity index (χ1n) is 10.4. The lowest BCUT2D eigenvalue weighted by Gasteiger charge is -2.20. The highest BCUT2D eigenvalue weighted by atomic mass is 19.4. The Hall–Kier alpha value is -3.96. The van der Waals surface area contributed by atoms with Crippen molar-refractivity contribution in [3.8, 4) is 5.75 Å². The lowest BCUT2D eigenvalue weighted by atomic mass is 10.1. The van der Waals surface area contributed by atoms with Crippen LogP contribution in [0.1, 0.15) is 36.9 Å². The molecule has 0 bridgehead atoms. The van der Waals surface area contributed by atoms with Crippen molar-refractivity contribution in [2.45, 2.75) is 38.7 Å². The average molecular weight is 475 g/mol. The molecule has 3 amide bonds. The standard InChI is InChI=1S/C22H20F3N5O4/c1-3-33-15-7-16(29-17(8-15)22(23,24)25)19-12(2)30(21(32)34-19)20(31)27-10-14-6-4-5-13-9-26-11-28-18(13)14/h4-9,11-12,19H,3,10H2,1-2H3,(H,27,31). The summed E-state index contributed by atoms with van der Waals surface area (Å²) in [7, 11) is 0. The van der Waals surface area contributed by atoms with Gasteiger partial charge in [0.15, 0.2) is 6.10 Å². The maximum Gasteiger partial charge on any atom is 0.433 e. The van der Waals surface area contributed by atoms with Crippen molar-refractivity contribution in [3.05, 3.63) is 59.8 Å². The van der Waals surface area contributed by atoms with Crippen LogP contribution < -0.4 is 10.1 Å². The number of halogens is 3. The summed E-state index contributed by atoms with van der Waals surface area (Å²) in [4.78, 5) is 37.9. The zero-order chi connectivity index (χ0) is 24.5.